The average Bonchev–Trinajstić information content (AvgIpc) is 3.25. The minimum absolute atomic E-state index is 0.0921. The van der Waals surface area contributed by atoms with Crippen molar-refractivity contribution in [2.24, 2.45) is 17.3 Å². The molecule has 5 rings (SSSR count). The van der Waals surface area contributed by atoms with Gasteiger partial charge < -0.3 is 10.1 Å². The Bertz CT molecular complexity index is 930. The van der Waals surface area contributed by atoms with Gasteiger partial charge >= 0.3 is 0 Å². The summed E-state index contributed by atoms with van der Waals surface area (Å²) in [5.41, 5.74) is 1.13. The molecule has 4 heterocycles. The topological polar surface area (TPSA) is 95.6 Å². The lowest BCUT2D eigenvalue weighted by molar-refractivity contribution is -0.134. The molecule has 2 saturated heterocycles. The van der Waals surface area contributed by atoms with Crippen molar-refractivity contribution in [3.63, 3.8) is 0 Å². The Kier molecular flexibility index (Phi) is 4.72. The lowest BCUT2D eigenvalue weighted by Crippen LogP contribution is -2.55. The number of ether oxygens (including phenoxy) is 1. The number of carbonyl (C=O) groups excluding carboxylic acids is 1. The smallest absolute Gasteiger partial charge is 0.240 e. The third-order valence-corrected chi connectivity index (χ3v) is 6.95. The molecule has 3 aliphatic rings. The van der Waals surface area contributed by atoms with Crippen LogP contribution in [-0.2, 0) is 16.1 Å². The second kappa shape index (κ2) is 7.39. The summed E-state index contributed by atoms with van der Waals surface area (Å²) in [5.74, 6) is 0.775. The predicted molar refractivity (Wildman–Crippen MR) is 105 cm³/mol. The van der Waals surface area contributed by atoms with Gasteiger partial charge in [0, 0.05) is 56.8 Å². The quantitative estimate of drug-likeness (QED) is 0.842. The number of hydrogen-bond donors (Lipinski definition) is 1. The lowest BCUT2D eigenvalue weighted by atomic mass is 9.80. The van der Waals surface area contributed by atoms with E-state index in [0.29, 0.717) is 37.9 Å². The Morgan fingerprint density at radius 1 is 1.31 bits per heavy atom. The summed E-state index contributed by atoms with van der Waals surface area (Å²) in [6.07, 6.45) is 8.85. The maximum atomic E-state index is 13.0. The molecule has 29 heavy (non-hydrogen) atoms. The number of hydrogen-bond acceptors (Lipinski definition) is 6. The van der Waals surface area contributed by atoms with Crippen molar-refractivity contribution in [3.8, 4) is 6.07 Å². The Morgan fingerprint density at radius 3 is 2.79 bits per heavy atom. The van der Waals surface area contributed by atoms with Crippen LogP contribution in [0.15, 0.2) is 24.7 Å². The molecule has 8 nitrogen and oxygen atoms in total. The maximum Gasteiger partial charge on any atom is 0.240 e. The number of piperidine rings is 1. The second-order valence-electron chi connectivity index (χ2n) is 8.65. The van der Waals surface area contributed by atoms with Crippen molar-refractivity contribution in [2.45, 2.75) is 38.3 Å². The largest absolute Gasteiger partial charge is 0.381 e. The van der Waals surface area contributed by atoms with E-state index in [9.17, 15) is 10.1 Å². The van der Waals surface area contributed by atoms with Gasteiger partial charge in [-0.3, -0.25) is 9.69 Å². The van der Waals surface area contributed by atoms with Gasteiger partial charge in [0.05, 0.1) is 12.3 Å². The number of rotatable bonds is 4. The van der Waals surface area contributed by atoms with Crippen LogP contribution in [0.3, 0.4) is 0 Å². The second-order valence-corrected chi connectivity index (χ2v) is 8.65. The molecular weight excluding hydrogens is 368 g/mol. The van der Waals surface area contributed by atoms with Crippen molar-refractivity contribution < 1.29 is 9.53 Å². The van der Waals surface area contributed by atoms with Gasteiger partial charge in [0.2, 0.25) is 5.91 Å². The highest BCUT2D eigenvalue weighted by Gasteiger charge is 2.47. The van der Waals surface area contributed by atoms with E-state index in [0.717, 1.165) is 43.7 Å². The highest BCUT2D eigenvalue weighted by Crippen LogP contribution is 2.39. The SMILES string of the molecule is N#CC1(C(=O)NC2[C@@H]3CC[C@H]2CN(Cc2cnn4cccnc24)C3)CCOCC1. The Hall–Kier alpha value is -2.50. The number of aromatic nitrogens is 3. The molecule has 1 N–H and O–H groups in total. The van der Waals surface area contributed by atoms with Gasteiger partial charge in [-0.05, 0) is 43.6 Å². The van der Waals surface area contributed by atoms with Crippen LogP contribution in [0.4, 0.5) is 0 Å². The van der Waals surface area contributed by atoms with E-state index in [1.807, 2.05) is 23.0 Å². The zero-order valence-corrected chi connectivity index (χ0v) is 16.5. The summed E-state index contributed by atoms with van der Waals surface area (Å²) < 4.78 is 7.18. The van der Waals surface area contributed by atoms with Crippen molar-refractivity contribution in [2.75, 3.05) is 26.3 Å². The van der Waals surface area contributed by atoms with Crippen LogP contribution in [0.5, 0.6) is 0 Å². The highest BCUT2D eigenvalue weighted by molar-refractivity contribution is 5.85. The predicted octanol–water partition coefficient (Wildman–Crippen LogP) is 1.38. The van der Waals surface area contributed by atoms with E-state index in [2.05, 4.69) is 26.4 Å². The van der Waals surface area contributed by atoms with Crippen LogP contribution >= 0.6 is 0 Å². The summed E-state index contributed by atoms with van der Waals surface area (Å²) in [6.45, 7) is 3.70. The zero-order chi connectivity index (χ0) is 19.8. The first-order valence-electron chi connectivity index (χ1n) is 10.5. The summed E-state index contributed by atoms with van der Waals surface area (Å²) in [7, 11) is 0. The van der Waals surface area contributed by atoms with Gasteiger partial charge in [-0.2, -0.15) is 10.4 Å². The zero-order valence-electron chi connectivity index (χ0n) is 16.5. The van der Waals surface area contributed by atoms with Crippen LogP contribution in [0.2, 0.25) is 0 Å². The van der Waals surface area contributed by atoms with E-state index in [4.69, 9.17) is 4.74 Å². The van der Waals surface area contributed by atoms with Crippen molar-refractivity contribution in [1.82, 2.24) is 24.8 Å². The fraction of sp³-hybridized carbons (Fsp3) is 0.619. The van der Waals surface area contributed by atoms with Crippen LogP contribution in [0, 0.1) is 28.6 Å². The van der Waals surface area contributed by atoms with Crippen molar-refractivity contribution in [3.05, 3.63) is 30.2 Å². The van der Waals surface area contributed by atoms with Gasteiger partial charge in [0.1, 0.15) is 5.41 Å². The Balaban J connectivity index is 1.26. The molecule has 0 radical (unpaired) electrons. The number of fused-ring (bicyclic) bond motifs is 3. The summed E-state index contributed by atoms with van der Waals surface area (Å²) in [4.78, 5) is 19.9. The Labute approximate surface area is 169 Å². The molecule has 2 aromatic heterocycles. The standard InChI is InChI=1S/C21H26N6O2/c22-14-21(4-8-29-9-5-21)20(28)25-18-15-2-3-16(18)12-26(11-15)13-17-10-24-27-7-1-6-23-19(17)27/h1,6-7,10,15-16,18H,2-5,8-9,11-13H2,(H,25,28)/t15-,16+,18?. The summed E-state index contributed by atoms with van der Waals surface area (Å²) in [6, 6.07) is 4.35. The third-order valence-electron chi connectivity index (χ3n) is 6.95. The molecule has 1 unspecified atom stereocenters. The fourth-order valence-corrected chi connectivity index (χ4v) is 5.31. The van der Waals surface area contributed by atoms with E-state index >= 15 is 0 Å². The summed E-state index contributed by atoms with van der Waals surface area (Å²) in [5, 5.41) is 17.3. The lowest BCUT2D eigenvalue weighted by Gasteiger charge is -2.40. The van der Waals surface area contributed by atoms with Gasteiger partial charge in [0.15, 0.2) is 5.65 Å². The van der Waals surface area contributed by atoms with Crippen LogP contribution in [0.1, 0.15) is 31.2 Å². The Morgan fingerprint density at radius 2 is 2.07 bits per heavy atom. The maximum absolute atomic E-state index is 13.0. The van der Waals surface area contributed by atoms with E-state index in [-0.39, 0.29) is 11.9 Å². The van der Waals surface area contributed by atoms with Gasteiger partial charge in [-0.25, -0.2) is 9.50 Å². The first kappa shape index (κ1) is 18.5. The molecular formula is C21H26N6O2. The minimum atomic E-state index is -0.919. The monoisotopic (exact) mass is 394 g/mol. The molecule has 0 spiro atoms. The average molecular weight is 394 g/mol. The molecule has 0 aromatic carbocycles. The van der Waals surface area contributed by atoms with Crippen LogP contribution < -0.4 is 5.32 Å². The van der Waals surface area contributed by atoms with Crippen molar-refractivity contribution >= 4 is 11.6 Å². The normalized spacial score (nSPS) is 28.9. The first-order valence-corrected chi connectivity index (χ1v) is 10.5. The minimum Gasteiger partial charge on any atom is -0.381 e. The number of nitrogens with one attached hydrogen (secondary N) is 1. The van der Waals surface area contributed by atoms with Crippen LogP contribution in [0.25, 0.3) is 5.65 Å². The number of nitriles is 1. The molecule has 1 amide bonds. The van der Waals surface area contributed by atoms with Crippen LogP contribution in [-0.4, -0.2) is 57.8 Å². The molecule has 2 bridgehead atoms. The number of nitrogens with zero attached hydrogens (tertiary/aromatic N) is 5. The molecule has 2 aliphatic heterocycles. The number of carbonyl (C=O) groups is 1. The molecule has 1 aliphatic carbocycles. The summed E-state index contributed by atoms with van der Waals surface area (Å²) >= 11 is 0. The molecule has 3 atom stereocenters. The molecule has 152 valence electrons. The number of likely N-dealkylation sites (tertiary alicyclic amines) is 1. The first-order chi connectivity index (χ1) is 14.2. The number of amides is 1. The highest BCUT2D eigenvalue weighted by atomic mass is 16.5. The third kappa shape index (κ3) is 3.28. The molecule has 8 heteroatoms. The molecule has 3 fully saturated rings. The fourth-order valence-electron chi connectivity index (χ4n) is 5.31. The van der Waals surface area contributed by atoms with E-state index in [1.165, 1.54) is 0 Å². The molecule has 2 aromatic rings. The van der Waals surface area contributed by atoms with Crippen molar-refractivity contribution in [1.29, 1.82) is 5.26 Å². The van der Waals surface area contributed by atoms with Gasteiger partial charge in [0.25, 0.3) is 0 Å². The van der Waals surface area contributed by atoms with E-state index < -0.39 is 5.41 Å². The van der Waals surface area contributed by atoms with E-state index in [1.54, 1.807) is 6.20 Å². The molecule has 1 saturated carbocycles. The van der Waals surface area contributed by atoms with Gasteiger partial charge in [-0.1, -0.05) is 0 Å². The van der Waals surface area contributed by atoms with Gasteiger partial charge in [-0.15, -0.1) is 0 Å².